The Morgan fingerprint density at radius 1 is 1.35 bits per heavy atom. The van der Waals surface area contributed by atoms with Crippen molar-refractivity contribution in [3.63, 3.8) is 0 Å². The molecule has 0 saturated heterocycles. The third-order valence-corrected chi connectivity index (χ3v) is 3.74. The predicted molar refractivity (Wildman–Crippen MR) is 73.3 cm³/mol. The molecule has 2 nitrogen and oxygen atoms in total. The molecule has 0 saturated carbocycles. The average Bonchev–Trinajstić information content (AvgIpc) is 2.78. The molecule has 2 aromatic rings. The first-order valence-electron chi connectivity index (χ1n) is 5.84. The maximum Gasteiger partial charge on any atom is 0.0794 e. The second-order valence-electron chi connectivity index (χ2n) is 4.43. The summed E-state index contributed by atoms with van der Waals surface area (Å²) < 4.78 is 0. The number of aryl methyl sites for hydroxylation is 2. The second kappa shape index (κ2) is 5.43. The normalized spacial score (nSPS) is 12.6. The van der Waals surface area contributed by atoms with Crippen LogP contribution in [0.2, 0.25) is 0 Å². The Hall–Kier alpha value is -1.19. The fourth-order valence-electron chi connectivity index (χ4n) is 2.00. The number of nitrogens with zero attached hydrogens (tertiary/aromatic N) is 1. The van der Waals surface area contributed by atoms with Gasteiger partial charge in [0.05, 0.1) is 5.51 Å². The molecule has 3 heteroatoms. The molecular formula is C14H18N2S. The minimum absolute atomic E-state index is 0.373. The van der Waals surface area contributed by atoms with E-state index in [4.69, 9.17) is 0 Å². The molecule has 17 heavy (non-hydrogen) atoms. The Balaban J connectivity index is 2.01. The lowest BCUT2D eigenvalue weighted by molar-refractivity contribution is 0.576. The molecule has 1 unspecified atom stereocenters. The first-order valence-corrected chi connectivity index (χ1v) is 6.72. The molecule has 0 amide bonds. The molecule has 2 rings (SSSR count). The van der Waals surface area contributed by atoms with Gasteiger partial charge in [-0.25, -0.2) is 0 Å². The Morgan fingerprint density at radius 3 is 2.82 bits per heavy atom. The van der Waals surface area contributed by atoms with Crippen LogP contribution in [-0.4, -0.2) is 4.98 Å². The highest BCUT2D eigenvalue weighted by atomic mass is 32.1. The van der Waals surface area contributed by atoms with E-state index in [9.17, 15) is 0 Å². The second-order valence-corrected chi connectivity index (χ2v) is 5.40. The van der Waals surface area contributed by atoms with Gasteiger partial charge in [0, 0.05) is 23.7 Å². The molecule has 1 heterocycles. The van der Waals surface area contributed by atoms with Gasteiger partial charge >= 0.3 is 0 Å². The molecule has 90 valence electrons. The quantitative estimate of drug-likeness (QED) is 0.891. The number of hydrogen-bond acceptors (Lipinski definition) is 3. The molecule has 1 atom stereocenters. The van der Waals surface area contributed by atoms with E-state index in [1.807, 2.05) is 11.7 Å². The maximum atomic E-state index is 4.08. The van der Waals surface area contributed by atoms with Crippen molar-refractivity contribution in [1.29, 1.82) is 0 Å². The Labute approximate surface area is 107 Å². The van der Waals surface area contributed by atoms with Gasteiger partial charge in [0.15, 0.2) is 0 Å². The summed E-state index contributed by atoms with van der Waals surface area (Å²) in [5.41, 5.74) is 5.93. The molecular weight excluding hydrogens is 228 g/mol. The maximum absolute atomic E-state index is 4.08. The standard InChI is InChI=1S/C14H18N2S/c1-10-4-5-14(11(2)6-10)12(3)16-8-13-7-15-9-17-13/h4-7,9,12,16H,8H2,1-3H3. The zero-order valence-corrected chi connectivity index (χ0v) is 11.3. The lowest BCUT2D eigenvalue weighted by Gasteiger charge is -2.16. The first-order chi connectivity index (χ1) is 8.16. The minimum Gasteiger partial charge on any atom is -0.305 e. The molecule has 1 aromatic carbocycles. The third-order valence-electron chi connectivity index (χ3n) is 2.96. The van der Waals surface area contributed by atoms with Crippen LogP contribution < -0.4 is 5.32 Å². The largest absolute Gasteiger partial charge is 0.305 e. The Morgan fingerprint density at radius 2 is 2.18 bits per heavy atom. The highest BCUT2D eigenvalue weighted by Gasteiger charge is 2.08. The van der Waals surface area contributed by atoms with Crippen LogP contribution in [0.4, 0.5) is 0 Å². The van der Waals surface area contributed by atoms with E-state index in [0.717, 1.165) is 6.54 Å². The minimum atomic E-state index is 0.373. The molecule has 0 spiro atoms. The predicted octanol–water partition coefficient (Wildman–Crippen LogP) is 3.61. The van der Waals surface area contributed by atoms with Crippen LogP contribution in [0.5, 0.6) is 0 Å². The van der Waals surface area contributed by atoms with E-state index < -0.39 is 0 Å². The van der Waals surface area contributed by atoms with E-state index in [1.165, 1.54) is 21.6 Å². The smallest absolute Gasteiger partial charge is 0.0794 e. The van der Waals surface area contributed by atoms with Crippen LogP contribution in [0.15, 0.2) is 29.9 Å². The van der Waals surface area contributed by atoms with Gasteiger partial charge in [-0.15, -0.1) is 11.3 Å². The third kappa shape index (κ3) is 3.14. The zero-order valence-electron chi connectivity index (χ0n) is 10.5. The van der Waals surface area contributed by atoms with E-state index in [0.29, 0.717) is 6.04 Å². The highest BCUT2D eigenvalue weighted by molar-refractivity contribution is 7.09. The van der Waals surface area contributed by atoms with Crippen molar-refractivity contribution in [1.82, 2.24) is 10.3 Å². The fraction of sp³-hybridized carbons (Fsp3) is 0.357. The van der Waals surface area contributed by atoms with Gasteiger partial charge in [-0.2, -0.15) is 0 Å². The Bertz CT molecular complexity index is 477. The molecule has 1 N–H and O–H groups in total. The number of hydrogen-bond donors (Lipinski definition) is 1. The number of nitrogens with one attached hydrogen (secondary N) is 1. The van der Waals surface area contributed by atoms with Crippen molar-refractivity contribution in [3.05, 3.63) is 51.5 Å². The van der Waals surface area contributed by atoms with Crippen molar-refractivity contribution in [2.75, 3.05) is 0 Å². The van der Waals surface area contributed by atoms with Crippen molar-refractivity contribution in [2.45, 2.75) is 33.4 Å². The summed E-state index contributed by atoms with van der Waals surface area (Å²) in [5.74, 6) is 0. The summed E-state index contributed by atoms with van der Waals surface area (Å²) in [7, 11) is 0. The molecule has 0 aliphatic rings. The van der Waals surface area contributed by atoms with E-state index >= 15 is 0 Å². The lowest BCUT2D eigenvalue weighted by Crippen LogP contribution is -2.18. The Kier molecular flexibility index (Phi) is 3.92. The van der Waals surface area contributed by atoms with Crippen molar-refractivity contribution >= 4 is 11.3 Å². The van der Waals surface area contributed by atoms with Gasteiger partial charge in [-0.1, -0.05) is 23.8 Å². The number of thiazole rings is 1. The van der Waals surface area contributed by atoms with Crippen LogP contribution >= 0.6 is 11.3 Å². The average molecular weight is 246 g/mol. The van der Waals surface area contributed by atoms with Gasteiger partial charge in [-0.3, -0.25) is 4.98 Å². The van der Waals surface area contributed by atoms with E-state index in [-0.39, 0.29) is 0 Å². The first kappa shape index (κ1) is 12.3. The van der Waals surface area contributed by atoms with Gasteiger partial charge < -0.3 is 5.32 Å². The monoisotopic (exact) mass is 246 g/mol. The van der Waals surface area contributed by atoms with Crippen LogP contribution in [-0.2, 0) is 6.54 Å². The van der Waals surface area contributed by atoms with Crippen LogP contribution in [0, 0.1) is 13.8 Å². The lowest BCUT2D eigenvalue weighted by atomic mass is 10.0. The summed E-state index contributed by atoms with van der Waals surface area (Å²) >= 11 is 1.69. The zero-order chi connectivity index (χ0) is 12.3. The van der Waals surface area contributed by atoms with E-state index in [1.54, 1.807) is 11.3 Å². The molecule has 0 aliphatic heterocycles. The van der Waals surface area contributed by atoms with Gasteiger partial charge in [0.25, 0.3) is 0 Å². The molecule has 1 aromatic heterocycles. The van der Waals surface area contributed by atoms with Gasteiger partial charge in [0.2, 0.25) is 0 Å². The summed E-state index contributed by atoms with van der Waals surface area (Å²) in [6.45, 7) is 7.40. The molecule has 0 aliphatic carbocycles. The van der Waals surface area contributed by atoms with Gasteiger partial charge in [-0.05, 0) is 31.9 Å². The van der Waals surface area contributed by atoms with Crippen LogP contribution in [0.3, 0.4) is 0 Å². The number of benzene rings is 1. The number of aromatic nitrogens is 1. The van der Waals surface area contributed by atoms with E-state index in [2.05, 4.69) is 49.3 Å². The van der Waals surface area contributed by atoms with Crippen LogP contribution in [0.1, 0.15) is 34.5 Å². The summed E-state index contributed by atoms with van der Waals surface area (Å²) in [5, 5.41) is 3.53. The number of rotatable bonds is 4. The molecule has 0 radical (unpaired) electrons. The topological polar surface area (TPSA) is 24.9 Å². The molecule has 0 bridgehead atoms. The van der Waals surface area contributed by atoms with Crippen molar-refractivity contribution in [3.8, 4) is 0 Å². The van der Waals surface area contributed by atoms with Crippen molar-refractivity contribution < 1.29 is 0 Å². The molecule has 0 fully saturated rings. The highest BCUT2D eigenvalue weighted by Crippen LogP contribution is 2.19. The van der Waals surface area contributed by atoms with Crippen molar-refractivity contribution in [2.24, 2.45) is 0 Å². The summed E-state index contributed by atoms with van der Waals surface area (Å²) in [6, 6.07) is 7.00. The fourth-order valence-corrected chi connectivity index (χ4v) is 2.55. The van der Waals surface area contributed by atoms with Crippen LogP contribution in [0.25, 0.3) is 0 Å². The summed E-state index contributed by atoms with van der Waals surface area (Å²) in [4.78, 5) is 5.36. The summed E-state index contributed by atoms with van der Waals surface area (Å²) in [6.07, 6.45) is 1.92. The SMILES string of the molecule is Cc1ccc(C(C)NCc2cncs2)c(C)c1. The van der Waals surface area contributed by atoms with Gasteiger partial charge in [0.1, 0.15) is 0 Å².